The highest BCUT2D eigenvalue weighted by Crippen LogP contribution is 2.48. The van der Waals surface area contributed by atoms with Crippen molar-refractivity contribution in [1.82, 2.24) is 9.55 Å². The Balaban J connectivity index is 1.55. The molecule has 12 heteroatoms. The van der Waals surface area contributed by atoms with Crippen LogP contribution in [-0.2, 0) is 17.7 Å². The predicted octanol–water partition coefficient (Wildman–Crippen LogP) is 6.10. The van der Waals surface area contributed by atoms with Crippen molar-refractivity contribution in [2.45, 2.75) is 102 Å². The third-order valence-corrected chi connectivity index (χ3v) is 18.1. The Morgan fingerprint density at radius 2 is 1.57 bits per heavy atom. The highest BCUT2D eigenvalue weighted by atomic mass is 28.5. The number of para-hydroxylation sites is 1. The summed E-state index contributed by atoms with van der Waals surface area (Å²) in [6.45, 7) is 17.8. The number of benzene rings is 1. The minimum atomic E-state index is -2.78. The number of nitrogens with one attached hydrogen (secondary N) is 1. The third kappa shape index (κ3) is 6.11. The summed E-state index contributed by atoms with van der Waals surface area (Å²) in [5.74, 6) is 0.479. The zero-order chi connectivity index (χ0) is 29.2. The first-order chi connectivity index (χ1) is 18.9. The molecule has 3 atom stereocenters. The summed E-state index contributed by atoms with van der Waals surface area (Å²) in [4.78, 5) is 29.3. The molecule has 2 fully saturated rings. The Hall–Kier alpha value is -2.36. The Morgan fingerprint density at radius 3 is 2.15 bits per heavy atom. The molecule has 0 radical (unpaired) electrons. The van der Waals surface area contributed by atoms with Gasteiger partial charge in [0, 0.05) is 12.6 Å². The molecule has 3 heterocycles. The SMILES string of the molecule is CC(C)[Si]1(C(C)C)OC[C@H]2O[C@@H](n3ccc(NC(=O)Oc4ccccc4)nc3=O)C[C@@H]2O[Si](C(C)C)(C(C)C)O1. The molecule has 220 valence electrons. The van der Waals surface area contributed by atoms with Crippen LogP contribution in [0, 0.1) is 0 Å². The van der Waals surface area contributed by atoms with Gasteiger partial charge in [0.1, 0.15) is 23.9 Å². The number of fused-ring (bicyclic) bond motifs is 1. The van der Waals surface area contributed by atoms with E-state index < -0.39 is 35.1 Å². The normalized spacial score (nSPS) is 24.1. The number of nitrogens with zero attached hydrogens (tertiary/aromatic N) is 2. The van der Waals surface area contributed by atoms with E-state index in [4.69, 9.17) is 22.4 Å². The molecule has 0 aliphatic carbocycles. The largest absolute Gasteiger partial charge is 0.418 e. The zero-order valence-electron chi connectivity index (χ0n) is 24.7. The second-order valence-corrected chi connectivity index (χ2v) is 20.7. The van der Waals surface area contributed by atoms with E-state index in [9.17, 15) is 9.59 Å². The quantitative estimate of drug-likeness (QED) is 0.386. The maximum absolute atomic E-state index is 13.0. The first-order valence-electron chi connectivity index (χ1n) is 14.2. The standard InChI is InChI=1S/C28H43N3O7Si2/c1-18(2)39(19(3)4)34-17-24-23(37-40(38-39,20(5)6)21(7)8)16-26(36-24)31-15-14-25(29-27(31)32)30-28(33)35-22-12-10-9-11-13-22/h9-15,18-21,23-24,26H,16-17H2,1-8H3,(H,29,30,32,33)/t23-,24+,26+/m0/s1. The Bertz CT molecular complexity index is 1210. The van der Waals surface area contributed by atoms with Crippen molar-refractivity contribution in [2.24, 2.45) is 0 Å². The number of amides is 1. The van der Waals surface area contributed by atoms with Gasteiger partial charge in [0.05, 0.1) is 12.7 Å². The van der Waals surface area contributed by atoms with Crippen molar-refractivity contribution in [3.8, 4) is 5.75 Å². The molecule has 1 N–H and O–H groups in total. The molecule has 1 amide bonds. The number of hydrogen-bond acceptors (Lipinski definition) is 8. The van der Waals surface area contributed by atoms with Crippen LogP contribution < -0.4 is 15.7 Å². The number of carbonyl (C=O) groups is 1. The molecular formula is C28H43N3O7Si2. The maximum Gasteiger partial charge on any atom is 0.418 e. The maximum atomic E-state index is 13.0. The second kappa shape index (κ2) is 12.3. The predicted molar refractivity (Wildman–Crippen MR) is 157 cm³/mol. The van der Waals surface area contributed by atoms with Gasteiger partial charge in [-0.1, -0.05) is 73.6 Å². The van der Waals surface area contributed by atoms with Crippen molar-refractivity contribution < 1.29 is 27.2 Å². The summed E-state index contributed by atoms with van der Waals surface area (Å²) < 4.78 is 34.1. The number of anilines is 1. The Morgan fingerprint density at radius 1 is 0.950 bits per heavy atom. The molecule has 2 aliphatic rings. The van der Waals surface area contributed by atoms with Crippen molar-refractivity contribution >= 4 is 29.0 Å². The molecule has 2 aromatic rings. The first kappa shape index (κ1) is 30.6. The van der Waals surface area contributed by atoms with E-state index in [-0.39, 0.29) is 40.2 Å². The summed E-state index contributed by atoms with van der Waals surface area (Å²) >= 11 is 0. The van der Waals surface area contributed by atoms with Crippen LogP contribution in [0.15, 0.2) is 47.4 Å². The number of carbonyl (C=O) groups excluding carboxylic acids is 1. The molecule has 2 saturated heterocycles. The van der Waals surface area contributed by atoms with Crippen LogP contribution in [0.4, 0.5) is 10.6 Å². The van der Waals surface area contributed by atoms with Gasteiger partial charge in [-0.05, 0) is 40.4 Å². The van der Waals surface area contributed by atoms with Crippen molar-refractivity contribution in [3.05, 3.63) is 53.1 Å². The smallest absolute Gasteiger partial charge is 0.414 e. The Labute approximate surface area is 238 Å². The molecule has 0 saturated carbocycles. The second-order valence-electron chi connectivity index (χ2n) is 11.8. The van der Waals surface area contributed by atoms with E-state index in [1.165, 1.54) is 4.57 Å². The van der Waals surface area contributed by atoms with Gasteiger partial charge in [0.25, 0.3) is 0 Å². The van der Waals surface area contributed by atoms with Gasteiger partial charge in [-0.3, -0.25) is 9.88 Å². The lowest BCUT2D eigenvalue weighted by Gasteiger charge is -2.51. The van der Waals surface area contributed by atoms with Crippen LogP contribution in [0.1, 0.15) is 68.0 Å². The van der Waals surface area contributed by atoms with Crippen LogP contribution >= 0.6 is 0 Å². The van der Waals surface area contributed by atoms with Crippen molar-refractivity contribution in [3.63, 3.8) is 0 Å². The molecule has 0 bridgehead atoms. The molecule has 1 aromatic carbocycles. The summed E-state index contributed by atoms with van der Waals surface area (Å²) in [6, 6.07) is 10.2. The van der Waals surface area contributed by atoms with Crippen molar-refractivity contribution in [1.29, 1.82) is 0 Å². The van der Waals surface area contributed by atoms with Gasteiger partial charge in [-0.25, -0.2) is 9.59 Å². The fourth-order valence-corrected chi connectivity index (χ4v) is 17.0. The number of aromatic nitrogens is 2. The van der Waals surface area contributed by atoms with E-state index in [1.807, 2.05) is 6.07 Å². The van der Waals surface area contributed by atoms with Crippen LogP contribution in [0.3, 0.4) is 0 Å². The molecular weight excluding hydrogens is 546 g/mol. The molecule has 0 spiro atoms. The summed E-state index contributed by atoms with van der Waals surface area (Å²) in [5, 5.41) is 2.50. The van der Waals surface area contributed by atoms with Crippen LogP contribution in [-0.4, -0.2) is 51.6 Å². The van der Waals surface area contributed by atoms with Crippen LogP contribution in [0.25, 0.3) is 0 Å². The van der Waals surface area contributed by atoms with E-state index in [2.05, 4.69) is 65.7 Å². The van der Waals surface area contributed by atoms with E-state index in [1.54, 1.807) is 36.5 Å². The van der Waals surface area contributed by atoms with Gasteiger partial charge in [0.15, 0.2) is 0 Å². The number of rotatable bonds is 7. The lowest BCUT2D eigenvalue weighted by atomic mass is 10.2. The average Bonchev–Trinajstić information content (AvgIpc) is 3.25. The topological polar surface area (TPSA) is 110 Å². The highest BCUT2D eigenvalue weighted by molar-refractivity contribution is 6.83. The van der Waals surface area contributed by atoms with E-state index in [0.717, 1.165) is 0 Å². The monoisotopic (exact) mass is 589 g/mol. The van der Waals surface area contributed by atoms with E-state index in [0.29, 0.717) is 18.8 Å². The van der Waals surface area contributed by atoms with Gasteiger partial charge < -0.3 is 22.4 Å². The van der Waals surface area contributed by atoms with Crippen LogP contribution in [0.2, 0.25) is 22.2 Å². The summed E-state index contributed by atoms with van der Waals surface area (Å²) in [7, 11) is -5.46. The Kier molecular flexibility index (Phi) is 9.37. The highest BCUT2D eigenvalue weighted by Gasteiger charge is 2.60. The van der Waals surface area contributed by atoms with Gasteiger partial charge >= 0.3 is 28.9 Å². The van der Waals surface area contributed by atoms with Gasteiger partial charge in [-0.15, -0.1) is 0 Å². The summed E-state index contributed by atoms with van der Waals surface area (Å²) in [6.07, 6.45) is 0.108. The molecule has 4 rings (SSSR count). The third-order valence-electron chi connectivity index (χ3n) is 7.85. The fraction of sp³-hybridized carbons (Fsp3) is 0.607. The van der Waals surface area contributed by atoms with Crippen LogP contribution in [0.5, 0.6) is 5.75 Å². The molecule has 40 heavy (non-hydrogen) atoms. The van der Waals surface area contributed by atoms with Crippen molar-refractivity contribution in [2.75, 3.05) is 11.9 Å². The number of ether oxygens (including phenoxy) is 2. The summed E-state index contributed by atoms with van der Waals surface area (Å²) in [5.41, 5.74) is 0.315. The van der Waals surface area contributed by atoms with Gasteiger partial charge in [0.2, 0.25) is 0 Å². The molecule has 1 aromatic heterocycles. The lowest BCUT2D eigenvalue weighted by Crippen LogP contribution is -2.65. The van der Waals surface area contributed by atoms with E-state index >= 15 is 0 Å². The molecule has 10 nitrogen and oxygen atoms in total. The minimum Gasteiger partial charge on any atom is -0.414 e. The fourth-order valence-electron chi connectivity index (χ4n) is 5.73. The lowest BCUT2D eigenvalue weighted by molar-refractivity contribution is -0.0565. The minimum absolute atomic E-state index is 0.0925. The van der Waals surface area contributed by atoms with Gasteiger partial charge in [-0.2, -0.15) is 4.98 Å². The first-order valence-corrected chi connectivity index (χ1v) is 18.1. The molecule has 2 aliphatic heterocycles. The average molecular weight is 590 g/mol. The zero-order valence-corrected chi connectivity index (χ0v) is 26.7. The number of hydrogen-bond donors (Lipinski definition) is 1. The molecule has 0 unspecified atom stereocenters.